The minimum Gasteiger partial charge on any atom is -0.376 e. The molecule has 2 aliphatic heterocycles. The maximum Gasteiger partial charge on any atom is 0.333 e. The lowest BCUT2D eigenvalue weighted by atomic mass is 9.44. The van der Waals surface area contributed by atoms with E-state index in [0.29, 0.717) is 0 Å². The maximum absolute atomic E-state index is 2.60. The summed E-state index contributed by atoms with van der Waals surface area (Å²) in [5, 5.41) is 5.21. The van der Waals surface area contributed by atoms with Crippen LogP contribution in [0.3, 0.4) is 0 Å². The van der Waals surface area contributed by atoms with E-state index in [0.717, 1.165) is 0 Å². The molecule has 3 heterocycles. The van der Waals surface area contributed by atoms with Crippen molar-refractivity contribution in [1.29, 1.82) is 0 Å². The highest BCUT2D eigenvalue weighted by molar-refractivity contribution is 6.93. The molecule has 210 valence electrons. The van der Waals surface area contributed by atoms with Crippen molar-refractivity contribution in [2.24, 2.45) is 0 Å². The highest BCUT2D eigenvalue weighted by atomic mass is 15.1. The second-order valence-electron chi connectivity index (χ2n) is 12.6. The molecule has 0 amide bonds. The lowest BCUT2D eigenvalue weighted by molar-refractivity contribution is 1.19. The first-order valence-corrected chi connectivity index (χ1v) is 15.8. The molecule has 45 heavy (non-hydrogen) atoms. The molecule has 0 fully saturated rings. The smallest absolute Gasteiger partial charge is 0.333 e. The van der Waals surface area contributed by atoms with Crippen LogP contribution in [-0.4, -0.2) is 11.4 Å². The third kappa shape index (κ3) is 3.20. The molecule has 2 nitrogen and oxygen atoms in total. The van der Waals surface area contributed by atoms with Gasteiger partial charge in [-0.2, -0.15) is 0 Å². The number of fused-ring (bicyclic) bond motifs is 10. The highest BCUT2D eigenvalue weighted by Gasteiger charge is 2.44. The molecule has 10 rings (SSSR count). The maximum atomic E-state index is 2.60. The summed E-state index contributed by atoms with van der Waals surface area (Å²) in [7, 11) is 0. The van der Waals surface area contributed by atoms with Crippen LogP contribution in [0.15, 0.2) is 140 Å². The van der Waals surface area contributed by atoms with Crippen molar-refractivity contribution in [1.82, 2.24) is 4.57 Å². The summed E-state index contributed by atoms with van der Waals surface area (Å²) in [5.41, 5.74) is 16.9. The van der Waals surface area contributed by atoms with E-state index in [1.807, 2.05) is 0 Å². The van der Waals surface area contributed by atoms with Gasteiger partial charge in [0, 0.05) is 38.8 Å². The first-order chi connectivity index (χ1) is 22.2. The van der Waals surface area contributed by atoms with Gasteiger partial charge in [-0.05, 0) is 88.3 Å². The van der Waals surface area contributed by atoms with Crippen LogP contribution < -0.4 is 15.7 Å². The lowest BCUT2D eigenvalue weighted by Gasteiger charge is -2.42. The molecule has 8 aromatic rings. The Hall–Kier alpha value is -5.54. The van der Waals surface area contributed by atoms with Crippen molar-refractivity contribution in [2.45, 2.75) is 13.8 Å². The van der Waals surface area contributed by atoms with Crippen LogP contribution in [0.2, 0.25) is 0 Å². The monoisotopic (exact) mass is 572 g/mol. The topological polar surface area (TPSA) is 8.17 Å². The molecule has 2 aliphatic rings. The molecule has 0 saturated carbocycles. The highest BCUT2D eigenvalue weighted by Crippen LogP contribution is 2.49. The van der Waals surface area contributed by atoms with Crippen LogP contribution in [0.4, 0.5) is 11.4 Å². The average Bonchev–Trinajstić information content (AvgIpc) is 3.44. The van der Waals surface area contributed by atoms with Gasteiger partial charge in [0.25, 0.3) is 0 Å². The fourth-order valence-electron chi connectivity index (χ4n) is 8.45. The van der Waals surface area contributed by atoms with Gasteiger partial charge in [-0.1, -0.05) is 109 Å². The van der Waals surface area contributed by atoms with Gasteiger partial charge in [0.2, 0.25) is 0 Å². The summed E-state index contributed by atoms with van der Waals surface area (Å²) in [6, 6.07) is 51.8. The number of hydrogen-bond donors (Lipinski definition) is 0. The van der Waals surface area contributed by atoms with Crippen molar-refractivity contribution in [3.63, 3.8) is 0 Å². The number of rotatable bonds is 2. The van der Waals surface area contributed by atoms with Crippen LogP contribution in [-0.2, 0) is 0 Å². The van der Waals surface area contributed by atoms with E-state index < -0.39 is 0 Å². The van der Waals surface area contributed by atoms with E-state index in [9.17, 15) is 0 Å². The Morgan fingerprint density at radius 2 is 1.22 bits per heavy atom. The molecule has 7 aromatic carbocycles. The molecule has 0 atom stereocenters. The number of aryl methyl sites for hydroxylation is 2. The molecular weight excluding hydrogens is 543 g/mol. The second kappa shape index (κ2) is 9.00. The predicted octanol–water partition coefficient (Wildman–Crippen LogP) is 9.46. The molecule has 0 saturated heterocycles. The Bertz CT molecular complexity index is 2500. The molecule has 0 bridgehead atoms. The fraction of sp³-hybridized carbons (Fsp3) is 0.0476. The predicted molar refractivity (Wildman–Crippen MR) is 192 cm³/mol. The summed E-state index contributed by atoms with van der Waals surface area (Å²) in [4.78, 5) is 2.58. The van der Waals surface area contributed by atoms with Crippen molar-refractivity contribution >= 4 is 61.7 Å². The first-order valence-electron chi connectivity index (χ1n) is 15.8. The molecule has 0 aliphatic carbocycles. The van der Waals surface area contributed by atoms with Crippen LogP contribution in [0.25, 0.3) is 60.5 Å². The third-order valence-electron chi connectivity index (χ3n) is 10.2. The van der Waals surface area contributed by atoms with Gasteiger partial charge in [-0.25, -0.2) is 0 Å². The van der Waals surface area contributed by atoms with Gasteiger partial charge < -0.3 is 9.38 Å². The van der Waals surface area contributed by atoms with E-state index in [4.69, 9.17) is 0 Å². The normalized spacial score (nSPS) is 13.0. The Kier molecular flexibility index (Phi) is 4.97. The molecule has 0 spiro atoms. The van der Waals surface area contributed by atoms with Crippen LogP contribution in [0, 0.1) is 13.8 Å². The van der Waals surface area contributed by atoms with E-state index in [1.54, 1.807) is 0 Å². The minimum absolute atomic E-state index is 0.0334. The number of anilines is 2. The Labute approximate surface area is 262 Å². The van der Waals surface area contributed by atoms with Crippen LogP contribution in [0.5, 0.6) is 0 Å². The molecular formula is C42H29BN2. The summed E-state index contributed by atoms with van der Waals surface area (Å²) in [5.74, 6) is 0. The lowest BCUT2D eigenvalue weighted by Crippen LogP contribution is -2.60. The summed E-state index contributed by atoms with van der Waals surface area (Å²) >= 11 is 0. The largest absolute Gasteiger partial charge is 0.376 e. The Morgan fingerprint density at radius 1 is 0.511 bits per heavy atom. The minimum atomic E-state index is 0.0334. The molecule has 0 N–H and O–H groups in total. The van der Waals surface area contributed by atoms with Crippen molar-refractivity contribution < 1.29 is 0 Å². The standard InChI is InChI=1S/C42H29BN2/c1-26-13-12-14-27(2)38(26)34-25-33-31-19-8-10-21-36(31)45(29-16-4-3-5-17-29)43-35-20-9-11-22-37(35)44-41-30-18-7-6-15-28(30)23-24-32(41)39(34)42(44)40(33)43/h3-25H,1-2H3. The third-order valence-corrected chi connectivity index (χ3v) is 10.2. The quantitative estimate of drug-likeness (QED) is 0.187. The molecule has 3 heteroatoms. The number of aromatic nitrogens is 1. The van der Waals surface area contributed by atoms with Crippen LogP contribution in [0.1, 0.15) is 11.1 Å². The first kappa shape index (κ1) is 24.9. The van der Waals surface area contributed by atoms with Gasteiger partial charge in [0.15, 0.2) is 0 Å². The summed E-state index contributed by atoms with van der Waals surface area (Å²) in [6.45, 7) is 4.56. The molecule has 1 aromatic heterocycles. The van der Waals surface area contributed by atoms with E-state index in [-0.39, 0.29) is 6.85 Å². The van der Waals surface area contributed by atoms with Crippen molar-refractivity contribution in [2.75, 3.05) is 4.81 Å². The zero-order chi connectivity index (χ0) is 29.8. The van der Waals surface area contributed by atoms with Crippen molar-refractivity contribution in [3.8, 4) is 27.9 Å². The SMILES string of the molecule is Cc1cccc(C)c1-c1cc2c3c4c1c1ccc5ccccc5c1n4-c1ccccc1B3N(c1ccccc1)c1ccccc1-2. The van der Waals surface area contributed by atoms with Gasteiger partial charge in [-0.15, -0.1) is 0 Å². The number of nitrogens with zero attached hydrogens (tertiary/aromatic N) is 2. The molecule has 0 radical (unpaired) electrons. The molecule has 0 unspecified atom stereocenters. The van der Waals surface area contributed by atoms with E-state index >= 15 is 0 Å². The van der Waals surface area contributed by atoms with Gasteiger partial charge >= 0.3 is 6.85 Å². The number of hydrogen-bond acceptors (Lipinski definition) is 1. The van der Waals surface area contributed by atoms with Crippen LogP contribution >= 0.6 is 0 Å². The zero-order valence-corrected chi connectivity index (χ0v) is 25.3. The van der Waals surface area contributed by atoms with Gasteiger partial charge in [0.1, 0.15) is 0 Å². The fourth-order valence-corrected chi connectivity index (χ4v) is 8.45. The second-order valence-corrected chi connectivity index (χ2v) is 12.6. The number of benzene rings is 7. The van der Waals surface area contributed by atoms with Gasteiger partial charge in [-0.3, -0.25) is 0 Å². The van der Waals surface area contributed by atoms with E-state index in [2.05, 4.69) is 163 Å². The van der Waals surface area contributed by atoms with Gasteiger partial charge in [0.05, 0.1) is 11.0 Å². The summed E-state index contributed by atoms with van der Waals surface area (Å²) in [6.07, 6.45) is 0. The number of para-hydroxylation sites is 3. The summed E-state index contributed by atoms with van der Waals surface area (Å²) < 4.78 is 2.60. The zero-order valence-electron chi connectivity index (χ0n) is 25.3. The Balaban J connectivity index is 1.50. The average molecular weight is 573 g/mol. The Morgan fingerprint density at radius 3 is 2.07 bits per heavy atom. The van der Waals surface area contributed by atoms with E-state index in [1.165, 1.54) is 93.9 Å². The van der Waals surface area contributed by atoms with Crippen molar-refractivity contribution in [3.05, 3.63) is 151 Å².